The van der Waals surface area contributed by atoms with Crippen LogP contribution in [0.2, 0.25) is 5.15 Å². The third-order valence-electron chi connectivity index (χ3n) is 2.54. The van der Waals surface area contributed by atoms with Gasteiger partial charge in [-0.1, -0.05) is 11.6 Å². The van der Waals surface area contributed by atoms with E-state index in [9.17, 15) is 0 Å². The quantitative estimate of drug-likeness (QED) is 0.807. The van der Waals surface area contributed by atoms with Crippen LogP contribution < -0.4 is 5.32 Å². The maximum atomic E-state index is 8.85. The Morgan fingerprint density at radius 3 is 2.86 bits per heavy atom. The van der Waals surface area contributed by atoms with Crippen molar-refractivity contribution < 1.29 is 4.74 Å². The first-order valence-corrected chi connectivity index (χ1v) is 7.37. The van der Waals surface area contributed by atoms with Gasteiger partial charge in [-0.3, -0.25) is 0 Å². The summed E-state index contributed by atoms with van der Waals surface area (Å²) in [6, 6.07) is 8.95. The summed E-state index contributed by atoms with van der Waals surface area (Å²) >= 11 is 9.39. The predicted molar refractivity (Wildman–Crippen MR) is 84.5 cm³/mol. The highest BCUT2D eigenvalue weighted by atomic mass is 79.9. The second kappa shape index (κ2) is 7.36. The molecule has 2 rings (SSSR count). The zero-order chi connectivity index (χ0) is 15.2. The number of hydrogen-bond donors (Lipinski definition) is 1. The van der Waals surface area contributed by atoms with Crippen molar-refractivity contribution in [1.82, 2.24) is 9.97 Å². The monoisotopic (exact) mass is 366 g/mol. The third kappa shape index (κ3) is 4.39. The van der Waals surface area contributed by atoms with Gasteiger partial charge in [0.15, 0.2) is 5.82 Å². The summed E-state index contributed by atoms with van der Waals surface area (Å²) in [5.41, 5.74) is 1.36. The number of halogens is 2. The molecule has 1 aromatic carbocycles. The van der Waals surface area contributed by atoms with Crippen LogP contribution in [0.25, 0.3) is 0 Å². The Kier molecular flexibility index (Phi) is 5.51. The summed E-state index contributed by atoms with van der Waals surface area (Å²) in [6.45, 7) is 2.79. The highest BCUT2D eigenvalue weighted by Gasteiger charge is 2.06. The Hall–Kier alpha value is -1.68. The Labute approximate surface area is 136 Å². The zero-order valence-corrected chi connectivity index (χ0v) is 13.6. The molecule has 0 saturated carbocycles. The van der Waals surface area contributed by atoms with Gasteiger partial charge in [-0.25, -0.2) is 9.97 Å². The molecule has 1 aromatic heterocycles. The Morgan fingerprint density at radius 1 is 1.38 bits per heavy atom. The van der Waals surface area contributed by atoms with E-state index in [1.807, 2.05) is 6.92 Å². The Balaban J connectivity index is 2.23. The topological polar surface area (TPSA) is 70.8 Å². The van der Waals surface area contributed by atoms with Crippen LogP contribution in [-0.2, 0) is 11.3 Å². The molecule has 2 aromatic rings. The molecule has 0 aliphatic heterocycles. The van der Waals surface area contributed by atoms with Gasteiger partial charge in [0.1, 0.15) is 17.6 Å². The molecule has 0 unspecified atom stereocenters. The molecular formula is C14H12BrClN4O. The van der Waals surface area contributed by atoms with Crippen LogP contribution in [0.3, 0.4) is 0 Å². The van der Waals surface area contributed by atoms with Crippen LogP contribution >= 0.6 is 27.5 Å². The number of nitrogens with one attached hydrogen (secondary N) is 1. The van der Waals surface area contributed by atoms with Gasteiger partial charge in [-0.15, -0.1) is 0 Å². The van der Waals surface area contributed by atoms with Crippen molar-refractivity contribution in [2.45, 2.75) is 13.5 Å². The molecule has 0 aliphatic rings. The molecule has 0 radical (unpaired) electrons. The van der Waals surface area contributed by atoms with Gasteiger partial charge >= 0.3 is 0 Å². The standard InChI is InChI=1S/C14H12BrClN4O/c1-2-21-8-14-19-12(16)6-13(20-14)18-11-4-3-9(7-17)5-10(11)15/h3-6H,2,8H2,1H3,(H,18,19,20). The van der Waals surface area contributed by atoms with Gasteiger partial charge < -0.3 is 10.1 Å². The number of rotatable bonds is 5. The first-order valence-electron chi connectivity index (χ1n) is 6.20. The summed E-state index contributed by atoms with van der Waals surface area (Å²) in [5, 5.41) is 12.3. The average Bonchev–Trinajstić information content (AvgIpc) is 2.46. The molecule has 1 N–H and O–H groups in total. The number of aromatic nitrogens is 2. The molecule has 5 nitrogen and oxygen atoms in total. The number of nitrogens with zero attached hydrogens (tertiary/aromatic N) is 3. The number of hydrogen-bond acceptors (Lipinski definition) is 5. The van der Waals surface area contributed by atoms with E-state index < -0.39 is 0 Å². The van der Waals surface area contributed by atoms with Gasteiger partial charge in [0.2, 0.25) is 0 Å². The first kappa shape index (κ1) is 15.7. The minimum absolute atomic E-state index is 0.306. The molecule has 0 atom stereocenters. The molecule has 21 heavy (non-hydrogen) atoms. The van der Waals surface area contributed by atoms with E-state index in [4.69, 9.17) is 21.6 Å². The van der Waals surface area contributed by atoms with Gasteiger partial charge in [0.05, 0.1) is 17.3 Å². The molecule has 1 heterocycles. The highest BCUT2D eigenvalue weighted by molar-refractivity contribution is 9.10. The van der Waals surface area contributed by atoms with Crippen molar-refractivity contribution >= 4 is 39.0 Å². The SMILES string of the molecule is CCOCc1nc(Cl)cc(Nc2ccc(C#N)cc2Br)n1. The van der Waals surface area contributed by atoms with E-state index in [1.54, 1.807) is 24.3 Å². The van der Waals surface area contributed by atoms with Crippen LogP contribution in [0.1, 0.15) is 18.3 Å². The van der Waals surface area contributed by atoms with Gasteiger partial charge in [0.25, 0.3) is 0 Å². The Morgan fingerprint density at radius 2 is 2.19 bits per heavy atom. The van der Waals surface area contributed by atoms with E-state index >= 15 is 0 Å². The van der Waals surface area contributed by atoms with Gasteiger partial charge in [0, 0.05) is 17.1 Å². The number of anilines is 2. The van der Waals surface area contributed by atoms with Crippen LogP contribution in [0.15, 0.2) is 28.7 Å². The van der Waals surface area contributed by atoms with Crippen molar-refractivity contribution in [2.24, 2.45) is 0 Å². The maximum Gasteiger partial charge on any atom is 0.158 e. The molecule has 0 aliphatic carbocycles. The largest absolute Gasteiger partial charge is 0.374 e. The van der Waals surface area contributed by atoms with Crippen LogP contribution in [0.4, 0.5) is 11.5 Å². The molecule has 7 heteroatoms. The van der Waals surface area contributed by atoms with E-state index in [2.05, 4.69) is 37.3 Å². The fourth-order valence-electron chi connectivity index (χ4n) is 1.61. The molecule has 108 valence electrons. The van der Waals surface area contributed by atoms with Gasteiger partial charge in [-0.05, 0) is 41.1 Å². The molecule has 0 amide bonds. The van der Waals surface area contributed by atoms with E-state index in [0.29, 0.717) is 35.6 Å². The lowest BCUT2D eigenvalue weighted by Crippen LogP contribution is -2.03. The van der Waals surface area contributed by atoms with Gasteiger partial charge in [-0.2, -0.15) is 5.26 Å². The number of nitriles is 1. The summed E-state index contributed by atoms with van der Waals surface area (Å²) in [5.74, 6) is 1.08. The molecule has 0 bridgehead atoms. The minimum Gasteiger partial charge on any atom is -0.374 e. The number of benzene rings is 1. The van der Waals surface area contributed by atoms with Crippen molar-refractivity contribution in [3.8, 4) is 6.07 Å². The fraction of sp³-hybridized carbons (Fsp3) is 0.214. The molecule has 0 fully saturated rings. The second-order valence-electron chi connectivity index (χ2n) is 4.06. The van der Waals surface area contributed by atoms with Crippen LogP contribution in [-0.4, -0.2) is 16.6 Å². The summed E-state index contributed by atoms with van der Waals surface area (Å²) in [4.78, 5) is 8.43. The van der Waals surface area contributed by atoms with Crippen LogP contribution in [0, 0.1) is 11.3 Å². The normalized spacial score (nSPS) is 10.2. The van der Waals surface area contributed by atoms with E-state index in [1.165, 1.54) is 0 Å². The number of ether oxygens (including phenoxy) is 1. The summed E-state index contributed by atoms with van der Waals surface area (Å²) in [6.07, 6.45) is 0. The van der Waals surface area contributed by atoms with Crippen LogP contribution in [0.5, 0.6) is 0 Å². The summed E-state index contributed by atoms with van der Waals surface area (Å²) in [7, 11) is 0. The highest BCUT2D eigenvalue weighted by Crippen LogP contribution is 2.26. The van der Waals surface area contributed by atoms with Crippen molar-refractivity contribution in [1.29, 1.82) is 5.26 Å². The second-order valence-corrected chi connectivity index (χ2v) is 5.30. The average molecular weight is 368 g/mol. The molecule has 0 spiro atoms. The summed E-state index contributed by atoms with van der Waals surface area (Å²) < 4.78 is 6.04. The minimum atomic E-state index is 0.306. The smallest absolute Gasteiger partial charge is 0.158 e. The lowest BCUT2D eigenvalue weighted by Gasteiger charge is -2.10. The molecular weight excluding hydrogens is 356 g/mol. The lowest BCUT2D eigenvalue weighted by atomic mass is 10.2. The van der Waals surface area contributed by atoms with Crippen molar-refractivity contribution in [2.75, 3.05) is 11.9 Å². The zero-order valence-electron chi connectivity index (χ0n) is 11.2. The third-order valence-corrected chi connectivity index (χ3v) is 3.39. The van der Waals surface area contributed by atoms with E-state index in [-0.39, 0.29) is 0 Å². The van der Waals surface area contributed by atoms with E-state index in [0.717, 1.165) is 10.2 Å². The predicted octanol–water partition coefficient (Wildman–Crippen LogP) is 4.04. The Bertz CT molecular complexity index is 687. The van der Waals surface area contributed by atoms with Crippen molar-refractivity contribution in [3.63, 3.8) is 0 Å². The van der Waals surface area contributed by atoms with Crippen molar-refractivity contribution in [3.05, 3.63) is 45.3 Å². The molecule has 0 saturated heterocycles. The fourth-order valence-corrected chi connectivity index (χ4v) is 2.29. The maximum absolute atomic E-state index is 8.85. The lowest BCUT2D eigenvalue weighted by molar-refractivity contribution is 0.128. The first-order chi connectivity index (χ1) is 10.1.